The third-order valence-corrected chi connectivity index (χ3v) is 6.00. The van der Waals surface area contributed by atoms with Crippen molar-refractivity contribution in [2.45, 2.75) is 63.4 Å². The number of carbonyl (C=O) groups is 4. The molecule has 34 heavy (non-hydrogen) atoms. The van der Waals surface area contributed by atoms with Gasteiger partial charge in [-0.05, 0) is 38.3 Å². The van der Waals surface area contributed by atoms with Crippen molar-refractivity contribution in [3.8, 4) is 0 Å². The van der Waals surface area contributed by atoms with Crippen molar-refractivity contribution in [1.82, 2.24) is 20.5 Å². The summed E-state index contributed by atoms with van der Waals surface area (Å²) >= 11 is 0. The van der Waals surface area contributed by atoms with E-state index in [2.05, 4.69) is 15.6 Å². The Morgan fingerprint density at radius 1 is 1.21 bits per heavy atom. The Morgan fingerprint density at radius 3 is 2.56 bits per heavy atom. The smallest absolute Gasteiger partial charge is 0.326 e. The molecule has 3 amide bonds. The molecule has 1 aliphatic rings. The summed E-state index contributed by atoms with van der Waals surface area (Å²) in [7, 11) is 0. The van der Waals surface area contributed by atoms with Crippen LogP contribution in [0.1, 0.15) is 32.3 Å². The molecule has 1 saturated heterocycles. The number of likely N-dealkylation sites (tertiary alicyclic amines) is 1. The van der Waals surface area contributed by atoms with Gasteiger partial charge in [0.05, 0.1) is 12.1 Å². The van der Waals surface area contributed by atoms with Gasteiger partial charge in [-0.25, -0.2) is 4.79 Å². The number of carbonyl (C=O) groups excluding carboxylic acids is 3. The molecule has 0 saturated carbocycles. The molecule has 3 rings (SSSR count). The number of nitrogens with zero attached hydrogens (tertiary/aromatic N) is 1. The number of carboxylic acids is 1. The van der Waals surface area contributed by atoms with Gasteiger partial charge in [0, 0.05) is 30.1 Å². The first-order chi connectivity index (χ1) is 16.1. The van der Waals surface area contributed by atoms with Gasteiger partial charge in [0.1, 0.15) is 18.1 Å². The summed E-state index contributed by atoms with van der Waals surface area (Å²) < 4.78 is 0. The average molecular weight is 474 g/mol. The number of aliphatic hydroxyl groups is 1. The molecule has 1 fully saturated rings. The van der Waals surface area contributed by atoms with Gasteiger partial charge in [-0.2, -0.15) is 0 Å². The van der Waals surface area contributed by atoms with E-state index >= 15 is 0 Å². The number of hydrogen-bond donors (Lipinski definition) is 6. The van der Waals surface area contributed by atoms with E-state index in [9.17, 15) is 29.4 Å². The number of para-hydroxylation sites is 1. The minimum atomic E-state index is -1.40. The molecule has 11 nitrogen and oxygen atoms in total. The first-order valence-corrected chi connectivity index (χ1v) is 11.2. The van der Waals surface area contributed by atoms with Gasteiger partial charge in [0.15, 0.2) is 0 Å². The van der Waals surface area contributed by atoms with E-state index in [-0.39, 0.29) is 12.3 Å². The molecular weight excluding hydrogens is 442 g/mol. The van der Waals surface area contributed by atoms with Crippen LogP contribution >= 0.6 is 0 Å². The van der Waals surface area contributed by atoms with E-state index in [1.165, 1.54) is 18.7 Å². The predicted molar refractivity (Wildman–Crippen MR) is 124 cm³/mol. The van der Waals surface area contributed by atoms with Crippen LogP contribution in [0.3, 0.4) is 0 Å². The lowest BCUT2D eigenvalue weighted by molar-refractivity contribution is -0.143. The average Bonchev–Trinajstić information content (AvgIpc) is 3.43. The van der Waals surface area contributed by atoms with Crippen LogP contribution in [0, 0.1) is 0 Å². The van der Waals surface area contributed by atoms with Gasteiger partial charge in [-0.15, -0.1) is 0 Å². The van der Waals surface area contributed by atoms with Crippen molar-refractivity contribution in [2.75, 3.05) is 6.54 Å². The van der Waals surface area contributed by atoms with E-state index in [0.717, 1.165) is 10.9 Å². The zero-order valence-electron chi connectivity index (χ0n) is 19.2. The number of H-pyrrole nitrogens is 1. The SMILES string of the molecule is CC(N)C(=O)N1CCCC1C(=O)NC(C(=O)NC(Cc1c[nH]c2ccccc12)C(=O)O)C(C)O. The lowest BCUT2D eigenvalue weighted by atomic mass is 10.0. The fraction of sp³-hybridized carbons (Fsp3) is 0.478. The van der Waals surface area contributed by atoms with Gasteiger partial charge >= 0.3 is 5.97 Å². The van der Waals surface area contributed by atoms with Crippen LogP contribution in [0.2, 0.25) is 0 Å². The van der Waals surface area contributed by atoms with E-state index in [0.29, 0.717) is 24.9 Å². The molecule has 7 N–H and O–H groups in total. The summed E-state index contributed by atoms with van der Waals surface area (Å²) in [5.74, 6) is -3.06. The van der Waals surface area contributed by atoms with Gasteiger partial charge in [0.2, 0.25) is 17.7 Å². The Balaban J connectivity index is 1.71. The monoisotopic (exact) mass is 473 g/mol. The third kappa shape index (κ3) is 5.54. The summed E-state index contributed by atoms with van der Waals surface area (Å²) in [6, 6.07) is 3.11. The molecule has 0 spiro atoms. The predicted octanol–water partition coefficient (Wildman–Crippen LogP) is -0.516. The summed E-state index contributed by atoms with van der Waals surface area (Å²) in [5.41, 5.74) is 7.21. The minimum absolute atomic E-state index is 0.00482. The first-order valence-electron chi connectivity index (χ1n) is 11.2. The van der Waals surface area contributed by atoms with Crippen LogP contribution in [0.15, 0.2) is 30.5 Å². The van der Waals surface area contributed by atoms with Gasteiger partial charge in [0.25, 0.3) is 0 Å². The zero-order chi connectivity index (χ0) is 25.0. The third-order valence-electron chi connectivity index (χ3n) is 6.00. The number of aromatic nitrogens is 1. The van der Waals surface area contributed by atoms with E-state index in [4.69, 9.17) is 5.73 Å². The number of hydrogen-bond acceptors (Lipinski definition) is 6. The van der Waals surface area contributed by atoms with Crippen LogP contribution in [0.25, 0.3) is 10.9 Å². The van der Waals surface area contributed by atoms with Crippen LogP contribution in [-0.2, 0) is 25.6 Å². The maximum Gasteiger partial charge on any atom is 0.326 e. The molecule has 1 aliphatic heterocycles. The van der Waals surface area contributed by atoms with Crippen molar-refractivity contribution in [3.63, 3.8) is 0 Å². The van der Waals surface area contributed by atoms with E-state index < -0.39 is 48.1 Å². The molecule has 2 heterocycles. The number of aliphatic hydroxyl groups excluding tert-OH is 1. The summed E-state index contributed by atoms with van der Waals surface area (Å²) in [5, 5.41) is 25.6. The highest BCUT2D eigenvalue weighted by atomic mass is 16.4. The van der Waals surface area contributed by atoms with Crippen molar-refractivity contribution in [3.05, 3.63) is 36.0 Å². The van der Waals surface area contributed by atoms with E-state index in [1.807, 2.05) is 24.3 Å². The van der Waals surface area contributed by atoms with E-state index in [1.54, 1.807) is 6.20 Å². The first kappa shape index (κ1) is 25.2. The van der Waals surface area contributed by atoms with Crippen LogP contribution in [0.5, 0.6) is 0 Å². The fourth-order valence-electron chi connectivity index (χ4n) is 4.20. The number of fused-ring (bicyclic) bond motifs is 1. The number of aromatic amines is 1. The molecule has 0 bridgehead atoms. The molecule has 0 radical (unpaired) electrons. The maximum absolute atomic E-state index is 12.9. The second-order valence-corrected chi connectivity index (χ2v) is 8.67. The van der Waals surface area contributed by atoms with Crippen molar-refractivity contribution in [1.29, 1.82) is 0 Å². The second-order valence-electron chi connectivity index (χ2n) is 8.67. The molecule has 0 aliphatic carbocycles. The Bertz CT molecular complexity index is 1070. The number of rotatable bonds is 9. The minimum Gasteiger partial charge on any atom is -0.480 e. The maximum atomic E-state index is 12.9. The Kier molecular flexibility index (Phi) is 7.90. The number of amides is 3. The molecule has 5 unspecified atom stereocenters. The topological polar surface area (TPSA) is 178 Å². The van der Waals surface area contributed by atoms with Gasteiger partial charge in [-0.1, -0.05) is 18.2 Å². The van der Waals surface area contributed by atoms with Crippen molar-refractivity contribution < 1.29 is 29.4 Å². The number of nitrogens with one attached hydrogen (secondary N) is 3. The van der Waals surface area contributed by atoms with Crippen molar-refractivity contribution >= 4 is 34.6 Å². The van der Waals surface area contributed by atoms with Crippen LogP contribution in [-0.4, -0.2) is 80.6 Å². The van der Waals surface area contributed by atoms with Gasteiger partial charge in [-0.3, -0.25) is 14.4 Å². The quantitative estimate of drug-likeness (QED) is 0.284. The van der Waals surface area contributed by atoms with Crippen LogP contribution < -0.4 is 16.4 Å². The highest BCUT2D eigenvalue weighted by Crippen LogP contribution is 2.20. The Hall–Kier alpha value is -3.44. The zero-order valence-corrected chi connectivity index (χ0v) is 19.2. The number of carboxylic acid groups (broad SMARTS) is 1. The Labute approximate surface area is 196 Å². The molecular formula is C23H31N5O6. The highest BCUT2D eigenvalue weighted by molar-refractivity contribution is 5.95. The molecule has 5 atom stereocenters. The number of aliphatic carboxylic acids is 1. The molecule has 2 aromatic rings. The number of benzene rings is 1. The highest BCUT2D eigenvalue weighted by Gasteiger charge is 2.38. The number of nitrogens with two attached hydrogens (primary N) is 1. The molecule has 11 heteroatoms. The molecule has 184 valence electrons. The van der Waals surface area contributed by atoms with Crippen molar-refractivity contribution in [2.24, 2.45) is 5.73 Å². The fourth-order valence-corrected chi connectivity index (χ4v) is 4.20. The molecule has 1 aromatic heterocycles. The second kappa shape index (κ2) is 10.7. The lowest BCUT2D eigenvalue weighted by Gasteiger charge is -2.28. The van der Waals surface area contributed by atoms with Crippen LogP contribution in [0.4, 0.5) is 0 Å². The largest absolute Gasteiger partial charge is 0.480 e. The summed E-state index contributed by atoms with van der Waals surface area (Å²) in [6.45, 7) is 3.22. The van der Waals surface area contributed by atoms with Gasteiger partial charge < -0.3 is 36.5 Å². The lowest BCUT2D eigenvalue weighted by Crippen LogP contribution is -2.59. The Morgan fingerprint density at radius 2 is 1.91 bits per heavy atom. The summed E-state index contributed by atoms with van der Waals surface area (Å²) in [6.07, 6.45) is 1.39. The standard InChI is InChI=1S/C23H31N5O6/c1-12(24)22(32)28-9-5-8-18(28)20(30)27-19(13(2)29)21(31)26-17(23(33)34)10-14-11-25-16-7-4-3-6-15(14)16/h3-4,6-7,11-13,17-19,25,29H,5,8-10,24H2,1-2H3,(H,26,31)(H,27,30)(H,33,34). The molecule has 1 aromatic carbocycles. The summed E-state index contributed by atoms with van der Waals surface area (Å²) in [4.78, 5) is 54.4. The normalized spacial score (nSPS) is 19.3.